The summed E-state index contributed by atoms with van der Waals surface area (Å²) in [6, 6.07) is 7.41. The van der Waals surface area contributed by atoms with Crippen LogP contribution in [0.25, 0.3) is 11.3 Å². The van der Waals surface area contributed by atoms with Crippen LogP contribution in [0.3, 0.4) is 0 Å². The number of ether oxygens (including phenoxy) is 2. The number of nitrogens with two attached hydrogens (primary N) is 1. The predicted molar refractivity (Wildman–Crippen MR) is 87.9 cm³/mol. The molecule has 0 aliphatic carbocycles. The fraction of sp³-hybridized carbons (Fsp3) is 0.375. The molecule has 0 amide bonds. The number of nitrogens with zero attached hydrogens (tertiary/aromatic N) is 1. The molecule has 1 heterocycles. The first-order chi connectivity index (χ1) is 10.5. The Labute approximate surface area is 134 Å². The molecule has 0 fully saturated rings. The van der Waals surface area contributed by atoms with Crippen molar-refractivity contribution in [1.82, 2.24) is 4.98 Å². The number of carbonyl (C=O) groups is 1. The summed E-state index contributed by atoms with van der Waals surface area (Å²) in [5.74, 6) is 0.232. The SMILES string of the molecule is CCC(C)OC(=O)C(C)Oc1cccc(-c2csc(N)n2)c1. The number of benzene rings is 1. The highest BCUT2D eigenvalue weighted by Gasteiger charge is 2.18. The van der Waals surface area contributed by atoms with Crippen molar-refractivity contribution in [1.29, 1.82) is 0 Å². The smallest absolute Gasteiger partial charge is 0.347 e. The zero-order chi connectivity index (χ0) is 16.1. The molecule has 2 aromatic rings. The fourth-order valence-corrected chi connectivity index (χ4v) is 2.35. The first-order valence-corrected chi connectivity index (χ1v) is 8.06. The molecule has 0 saturated heterocycles. The van der Waals surface area contributed by atoms with Gasteiger partial charge >= 0.3 is 5.97 Å². The summed E-state index contributed by atoms with van der Waals surface area (Å²) in [5, 5.41) is 2.40. The van der Waals surface area contributed by atoms with Gasteiger partial charge in [0, 0.05) is 10.9 Å². The Balaban J connectivity index is 2.05. The number of nitrogen functional groups attached to an aromatic ring is 1. The number of thiazole rings is 1. The summed E-state index contributed by atoms with van der Waals surface area (Å²) >= 11 is 1.38. The van der Waals surface area contributed by atoms with Gasteiger partial charge in [-0.2, -0.15) is 0 Å². The van der Waals surface area contributed by atoms with Crippen LogP contribution in [0, 0.1) is 0 Å². The van der Waals surface area contributed by atoms with Crippen LogP contribution in [0.4, 0.5) is 5.13 Å². The van der Waals surface area contributed by atoms with E-state index in [1.807, 2.05) is 37.4 Å². The molecule has 2 unspecified atom stereocenters. The van der Waals surface area contributed by atoms with Crippen molar-refractivity contribution in [2.45, 2.75) is 39.4 Å². The largest absolute Gasteiger partial charge is 0.479 e. The third-order valence-corrected chi connectivity index (χ3v) is 3.86. The predicted octanol–water partition coefficient (Wildman–Crippen LogP) is 3.50. The van der Waals surface area contributed by atoms with Gasteiger partial charge in [-0.15, -0.1) is 11.3 Å². The van der Waals surface area contributed by atoms with E-state index in [2.05, 4.69) is 4.98 Å². The quantitative estimate of drug-likeness (QED) is 0.825. The molecular weight excluding hydrogens is 300 g/mol. The Hall–Kier alpha value is -2.08. The van der Waals surface area contributed by atoms with Crippen LogP contribution in [0.15, 0.2) is 29.6 Å². The average Bonchev–Trinajstić information content (AvgIpc) is 2.94. The van der Waals surface area contributed by atoms with Crippen LogP contribution in [-0.2, 0) is 9.53 Å². The monoisotopic (exact) mass is 320 g/mol. The second kappa shape index (κ2) is 7.26. The highest BCUT2D eigenvalue weighted by atomic mass is 32.1. The minimum absolute atomic E-state index is 0.108. The first kappa shape index (κ1) is 16.3. The average molecular weight is 320 g/mol. The van der Waals surface area contributed by atoms with Crippen LogP contribution in [0.2, 0.25) is 0 Å². The van der Waals surface area contributed by atoms with E-state index in [0.29, 0.717) is 10.9 Å². The van der Waals surface area contributed by atoms with Crippen LogP contribution >= 0.6 is 11.3 Å². The Morgan fingerprint density at radius 1 is 1.41 bits per heavy atom. The van der Waals surface area contributed by atoms with Crippen molar-refractivity contribution in [3.8, 4) is 17.0 Å². The highest BCUT2D eigenvalue weighted by molar-refractivity contribution is 7.13. The topological polar surface area (TPSA) is 74.4 Å². The van der Waals surface area contributed by atoms with Crippen molar-refractivity contribution < 1.29 is 14.3 Å². The number of rotatable bonds is 6. The molecule has 22 heavy (non-hydrogen) atoms. The molecular formula is C16H20N2O3S. The molecule has 5 nitrogen and oxygen atoms in total. The fourth-order valence-electron chi connectivity index (χ4n) is 1.78. The molecule has 0 aliphatic heterocycles. The van der Waals surface area contributed by atoms with Crippen molar-refractivity contribution in [2.24, 2.45) is 0 Å². The van der Waals surface area contributed by atoms with Gasteiger partial charge in [0.05, 0.1) is 11.8 Å². The number of anilines is 1. The standard InChI is InChI=1S/C16H20N2O3S/c1-4-10(2)20-15(19)11(3)21-13-7-5-6-12(8-13)14-9-22-16(17)18-14/h5-11H,4H2,1-3H3,(H2,17,18). The number of esters is 1. The van der Waals surface area contributed by atoms with E-state index in [4.69, 9.17) is 15.2 Å². The lowest BCUT2D eigenvalue weighted by Gasteiger charge is -2.17. The zero-order valence-corrected chi connectivity index (χ0v) is 13.7. The Bertz CT molecular complexity index is 642. The zero-order valence-electron chi connectivity index (χ0n) is 12.9. The second-order valence-electron chi connectivity index (χ2n) is 5.01. The van der Waals surface area contributed by atoms with E-state index in [1.54, 1.807) is 13.0 Å². The number of hydrogen-bond acceptors (Lipinski definition) is 6. The molecule has 0 spiro atoms. The molecule has 0 bridgehead atoms. The van der Waals surface area contributed by atoms with Gasteiger partial charge in [-0.05, 0) is 32.4 Å². The summed E-state index contributed by atoms with van der Waals surface area (Å²) in [4.78, 5) is 16.1. The van der Waals surface area contributed by atoms with E-state index in [9.17, 15) is 4.79 Å². The maximum Gasteiger partial charge on any atom is 0.347 e. The van der Waals surface area contributed by atoms with Gasteiger partial charge in [0.15, 0.2) is 11.2 Å². The van der Waals surface area contributed by atoms with Crippen molar-refractivity contribution in [3.05, 3.63) is 29.6 Å². The maximum absolute atomic E-state index is 11.9. The van der Waals surface area contributed by atoms with Crippen LogP contribution in [0.5, 0.6) is 5.75 Å². The highest BCUT2D eigenvalue weighted by Crippen LogP contribution is 2.26. The van der Waals surface area contributed by atoms with Gasteiger partial charge in [0.2, 0.25) is 0 Å². The summed E-state index contributed by atoms with van der Waals surface area (Å²) in [6.45, 7) is 5.50. The number of aromatic nitrogens is 1. The maximum atomic E-state index is 11.9. The molecule has 2 atom stereocenters. The lowest BCUT2D eigenvalue weighted by molar-refractivity contribution is -0.155. The van der Waals surface area contributed by atoms with Gasteiger partial charge in [0.1, 0.15) is 5.75 Å². The lowest BCUT2D eigenvalue weighted by Crippen LogP contribution is -2.29. The minimum Gasteiger partial charge on any atom is -0.479 e. The number of hydrogen-bond donors (Lipinski definition) is 1. The van der Waals surface area contributed by atoms with Gasteiger partial charge < -0.3 is 15.2 Å². The summed E-state index contributed by atoms with van der Waals surface area (Å²) in [5.41, 5.74) is 7.34. The first-order valence-electron chi connectivity index (χ1n) is 7.18. The van der Waals surface area contributed by atoms with E-state index in [-0.39, 0.29) is 12.1 Å². The van der Waals surface area contributed by atoms with Crippen molar-refractivity contribution in [2.75, 3.05) is 5.73 Å². The number of carbonyl (C=O) groups excluding carboxylic acids is 1. The minimum atomic E-state index is -0.662. The normalized spacial score (nSPS) is 13.4. The molecule has 0 radical (unpaired) electrons. The molecule has 118 valence electrons. The lowest BCUT2D eigenvalue weighted by atomic mass is 10.1. The van der Waals surface area contributed by atoms with Crippen LogP contribution < -0.4 is 10.5 Å². The van der Waals surface area contributed by atoms with Crippen molar-refractivity contribution in [3.63, 3.8) is 0 Å². The van der Waals surface area contributed by atoms with E-state index in [1.165, 1.54) is 11.3 Å². The van der Waals surface area contributed by atoms with E-state index >= 15 is 0 Å². The van der Waals surface area contributed by atoms with Crippen LogP contribution in [-0.4, -0.2) is 23.2 Å². The summed E-state index contributed by atoms with van der Waals surface area (Å²) in [7, 11) is 0. The third-order valence-electron chi connectivity index (χ3n) is 3.19. The molecule has 0 aliphatic rings. The van der Waals surface area contributed by atoms with Gasteiger partial charge in [0.25, 0.3) is 0 Å². The Kier molecular flexibility index (Phi) is 5.38. The summed E-state index contributed by atoms with van der Waals surface area (Å²) < 4.78 is 10.9. The molecule has 6 heteroatoms. The van der Waals surface area contributed by atoms with Gasteiger partial charge in [-0.25, -0.2) is 9.78 Å². The Morgan fingerprint density at radius 3 is 2.82 bits per heavy atom. The molecule has 0 saturated carbocycles. The third kappa shape index (κ3) is 4.21. The molecule has 2 N–H and O–H groups in total. The molecule has 1 aromatic heterocycles. The summed E-state index contributed by atoms with van der Waals surface area (Å²) in [6.07, 6.45) is 0.00625. The molecule has 2 rings (SSSR count). The van der Waals surface area contributed by atoms with Gasteiger partial charge in [-0.1, -0.05) is 19.1 Å². The van der Waals surface area contributed by atoms with Crippen LogP contribution in [0.1, 0.15) is 27.2 Å². The van der Waals surface area contributed by atoms with Crippen molar-refractivity contribution >= 4 is 22.4 Å². The Morgan fingerprint density at radius 2 is 2.18 bits per heavy atom. The van der Waals surface area contributed by atoms with E-state index in [0.717, 1.165) is 17.7 Å². The van der Waals surface area contributed by atoms with Gasteiger partial charge in [-0.3, -0.25) is 0 Å². The van der Waals surface area contributed by atoms with E-state index < -0.39 is 6.10 Å². The second-order valence-corrected chi connectivity index (χ2v) is 5.90. The molecule has 1 aromatic carbocycles.